The molecule has 1 heterocycles. The molecule has 2 aromatic rings. The number of carbonyl (C=O) groups excluding carboxylic acids is 1. The van der Waals surface area contributed by atoms with E-state index >= 15 is 0 Å². The number of aromatic nitrogens is 2. The van der Waals surface area contributed by atoms with E-state index in [1.54, 1.807) is 20.8 Å². The number of aryl methyl sites for hydroxylation is 1. The SMILES string of the molecule is Cc1nn(C(C)C(=O)Nc2cc(OCC(F)F)cc([N+](=O)[O-])c2)c(C)c1Br. The first-order chi connectivity index (χ1) is 12.6. The molecule has 8 nitrogen and oxygen atoms in total. The summed E-state index contributed by atoms with van der Waals surface area (Å²) in [5.74, 6) is -0.616. The van der Waals surface area contributed by atoms with Gasteiger partial charge < -0.3 is 10.1 Å². The van der Waals surface area contributed by atoms with Gasteiger partial charge in [0.1, 0.15) is 18.4 Å². The highest BCUT2D eigenvalue weighted by Crippen LogP contribution is 2.28. The highest BCUT2D eigenvalue weighted by Gasteiger charge is 2.21. The Balaban J connectivity index is 2.25. The van der Waals surface area contributed by atoms with Gasteiger partial charge in [0.05, 0.1) is 32.5 Å². The highest BCUT2D eigenvalue weighted by molar-refractivity contribution is 9.10. The van der Waals surface area contributed by atoms with Gasteiger partial charge in [-0.1, -0.05) is 0 Å². The topological polar surface area (TPSA) is 99.3 Å². The molecule has 1 unspecified atom stereocenters. The number of rotatable bonds is 7. The van der Waals surface area contributed by atoms with Crippen molar-refractivity contribution in [1.82, 2.24) is 9.78 Å². The normalized spacial score (nSPS) is 12.1. The lowest BCUT2D eigenvalue weighted by molar-refractivity contribution is -0.384. The van der Waals surface area contributed by atoms with Crippen LogP contribution in [0.3, 0.4) is 0 Å². The lowest BCUT2D eigenvalue weighted by Crippen LogP contribution is -2.25. The molecule has 0 spiro atoms. The summed E-state index contributed by atoms with van der Waals surface area (Å²) in [6.45, 7) is 4.28. The predicted octanol–water partition coefficient (Wildman–Crippen LogP) is 4.01. The van der Waals surface area contributed by atoms with Crippen LogP contribution in [-0.2, 0) is 4.79 Å². The Morgan fingerprint density at radius 3 is 2.59 bits per heavy atom. The number of ether oxygens (including phenoxy) is 1. The molecule has 1 atom stereocenters. The lowest BCUT2D eigenvalue weighted by Gasteiger charge is -2.15. The molecule has 0 saturated carbocycles. The third-order valence-corrected chi connectivity index (χ3v) is 4.88. The number of hydrogen-bond donors (Lipinski definition) is 1. The second-order valence-corrected chi connectivity index (χ2v) is 6.56. The number of nitrogens with one attached hydrogen (secondary N) is 1. The molecule has 1 aromatic heterocycles. The quantitative estimate of drug-likeness (QED) is 0.511. The standard InChI is InChI=1S/C16H17BrF2N4O4/c1-8-15(17)9(2)22(21-8)10(3)16(24)20-11-4-12(23(25)26)6-13(5-11)27-7-14(18)19/h4-6,10,14H,7H2,1-3H3,(H,20,24). The number of hydrogen-bond acceptors (Lipinski definition) is 5. The number of amides is 1. The van der Waals surface area contributed by atoms with Gasteiger partial charge in [-0.3, -0.25) is 19.6 Å². The van der Waals surface area contributed by atoms with Crippen molar-refractivity contribution in [3.8, 4) is 5.75 Å². The Hall–Kier alpha value is -2.56. The van der Waals surface area contributed by atoms with Crippen LogP contribution < -0.4 is 10.1 Å². The van der Waals surface area contributed by atoms with Crippen LogP contribution in [0.2, 0.25) is 0 Å². The number of carbonyl (C=O) groups is 1. The Bertz CT molecular complexity index is 872. The monoisotopic (exact) mass is 446 g/mol. The Morgan fingerprint density at radius 1 is 1.41 bits per heavy atom. The predicted molar refractivity (Wildman–Crippen MR) is 97.3 cm³/mol. The summed E-state index contributed by atoms with van der Waals surface area (Å²) in [6, 6.07) is 2.67. The van der Waals surface area contributed by atoms with Crippen molar-refractivity contribution < 1.29 is 23.2 Å². The maximum absolute atomic E-state index is 12.5. The van der Waals surface area contributed by atoms with E-state index in [1.165, 1.54) is 10.7 Å². The largest absolute Gasteiger partial charge is 0.487 e. The molecule has 0 aliphatic heterocycles. The molecular formula is C16H17BrF2N4O4. The van der Waals surface area contributed by atoms with Crippen molar-refractivity contribution in [2.45, 2.75) is 33.2 Å². The molecule has 1 aromatic carbocycles. The van der Waals surface area contributed by atoms with Gasteiger partial charge in [-0.25, -0.2) is 8.78 Å². The summed E-state index contributed by atoms with van der Waals surface area (Å²) in [6.07, 6.45) is -2.73. The van der Waals surface area contributed by atoms with Crippen LogP contribution in [0.4, 0.5) is 20.2 Å². The molecule has 0 aliphatic rings. The molecule has 0 fully saturated rings. The van der Waals surface area contributed by atoms with Crippen LogP contribution in [0.25, 0.3) is 0 Å². The van der Waals surface area contributed by atoms with Crippen LogP contribution in [0.5, 0.6) is 5.75 Å². The smallest absolute Gasteiger partial charge is 0.275 e. The van der Waals surface area contributed by atoms with Crippen molar-refractivity contribution in [3.63, 3.8) is 0 Å². The van der Waals surface area contributed by atoms with Crippen LogP contribution in [0.15, 0.2) is 22.7 Å². The molecular weight excluding hydrogens is 430 g/mol. The zero-order valence-electron chi connectivity index (χ0n) is 14.7. The van der Waals surface area contributed by atoms with Gasteiger partial charge in [0.2, 0.25) is 5.91 Å². The van der Waals surface area contributed by atoms with E-state index in [1.807, 2.05) is 0 Å². The summed E-state index contributed by atoms with van der Waals surface area (Å²) in [5.41, 5.74) is 1.13. The third kappa shape index (κ3) is 5.00. The van der Waals surface area contributed by atoms with E-state index in [0.29, 0.717) is 5.69 Å². The van der Waals surface area contributed by atoms with E-state index < -0.39 is 35.6 Å². The van der Waals surface area contributed by atoms with Gasteiger partial charge in [0, 0.05) is 12.1 Å². The number of nitrogens with zero attached hydrogens (tertiary/aromatic N) is 3. The number of nitro groups is 1. The first-order valence-corrected chi connectivity index (χ1v) is 8.62. The van der Waals surface area contributed by atoms with Crippen LogP contribution in [0.1, 0.15) is 24.4 Å². The minimum absolute atomic E-state index is 0.0610. The number of alkyl halides is 2. The van der Waals surface area contributed by atoms with E-state index in [0.717, 1.165) is 22.3 Å². The summed E-state index contributed by atoms with van der Waals surface area (Å²) < 4.78 is 31.8. The first kappa shape index (κ1) is 20.7. The summed E-state index contributed by atoms with van der Waals surface area (Å²) in [5, 5.41) is 17.8. The van der Waals surface area contributed by atoms with Gasteiger partial charge in [-0.05, 0) is 36.7 Å². The molecule has 0 radical (unpaired) electrons. The van der Waals surface area contributed by atoms with Crippen molar-refractivity contribution in [2.24, 2.45) is 0 Å². The molecule has 0 saturated heterocycles. The van der Waals surface area contributed by atoms with Gasteiger partial charge in [-0.15, -0.1) is 0 Å². The molecule has 2 rings (SSSR count). The fourth-order valence-electron chi connectivity index (χ4n) is 2.38. The maximum atomic E-state index is 12.5. The molecule has 11 heteroatoms. The first-order valence-electron chi connectivity index (χ1n) is 7.82. The molecule has 146 valence electrons. The molecule has 1 amide bonds. The summed E-state index contributed by atoms with van der Waals surface area (Å²) in [7, 11) is 0. The number of anilines is 1. The molecule has 27 heavy (non-hydrogen) atoms. The fraction of sp³-hybridized carbons (Fsp3) is 0.375. The Morgan fingerprint density at radius 2 is 2.07 bits per heavy atom. The fourth-order valence-corrected chi connectivity index (χ4v) is 2.64. The summed E-state index contributed by atoms with van der Waals surface area (Å²) in [4.78, 5) is 22.9. The maximum Gasteiger partial charge on any atom is 0.275 e. The average molecular weight is 447 g/mol. The minimum Gasteiger partial charge on any atom is -0.487 e. The van der Waals surface area contributed by atoms with Crippen molar-refractivity contribution in [1.29, 1.82) is 0 Å². The number of nitro benzene ring substituents is 1. The zero-order chi connectivity index (χ0) is 20.3. The van der Waals surface area contributed by atoms with Gasteiger partial charge >= 0.3 is 0 Å². The zero-order valence-corrected chi connectivity index (χ0v) is 16.3. The van der Waals surface area contributed by atoms with E-state index in [2.05, 4.69) is 26.3 Å². The Kier molecular flexibility index (Phi) is 6.47. The lowest BCUT2D eigenvalue weighted by atomic mass is 10.2. The average Bonchev–Trinajstić information content (AvgIpc) is 2.86. The van der Waals surface area contributed by atoms with Gasteiger partial charge in [0.15, 0.2) is 0 Å². The van der Waals surface area contributed by atoms with Crippen LogP contribution in [0, 0.1) is 24.0 Å². The minimum atomic E-state index is -2.73. The molecule has 0 bridgehead atoms. The number of halogens is 3. The van der Waals surface area contributed by atoms with Crippen molar-refractivity contribution in [3.05, 3.63) is 44.2 Å². The molecule has 0 aliphatic carbocycles. The second kappa shape index (κ2) is 8.42. The van der Waals surface area contributed by atoms with E-state index in [-0.39, 0.29) is 11.4 Å². The third-order valence-electron chi connectivity index (χ3n) is 3.73. The highest BCUT2D eigenvalue weighted by atomic mass is 79.9. The van der Waals surface area contributed by atoms with Crippen molar-refractivity contribution in [2.75, 3.05) is 11.9 Å². The Labute approximate surface area is 161 Å². The van der Waals surface area contributed by atoms with E-state index in [9.17, 15) is 23.7 Å². The molecule has 1 N–H and O–H groups in total. The summed E-state index contributed by atoms with van der Waals surface area (Å²) >= 11 is 3.38. The van der Waals surface area contributed by atoms with Crippen LogP contribution >= 0.6 is 15.9 Å². The number of benzene rings is 1. The number of non-ortho nitro benzene ring substituents is 1. The van der Waals surface area contributed by atoms with Gasteiger partial charge in [0.25, 0.3) is 12.1 Å². The second-order valence-electron chi connectivity index (χ2n) is 5.77. The van der Waals surface area contributed by atoms with E-state index in [4.69, 9.17) is 4.74 Å². The van der Waals surface area contributed by atoms with Gasteiger partial charge in [-0.2, -0.15) is 5.10 Å². The van der Waals surface area contributed by atoms with Crippen LogP contribution in [-0.4, -0.2) is 33.6 Å². The van der Waals surface area contributed by atoms with Crippen molar-refractivity contribution >= 4 is 33.2 Å².